The van der Waals surface area contributed by atoms with Gasteiger partial charge in [0.2, 0.25) is 0 Å². The van der Waals surface area contributed by atoms with E-state index in [0.717, 1.165) is 38.2 Å². The zero-order valence-corrected chi connectivity index (χ0v) is 13.5. The van der Waals surface area contributed by atoms with Crippen LogP contribution in [-0.2, 0) is 6.54 Å². The normalized spacial score (nSPS) is 18.6. The first-order chi connectivity index (χ1) is 9.60. The van der Waals surface area contributed by atoms with Crippen LogP contribution in [0.1, 0.15) is 58.3 Å². The minimum atomic E-state index is -0.592. The van der Waals surface area contributed by atoms with Gasteiger partial charge >= 0.3 is 0 Å². The van der Waals surface area contributed by atoms with Crippen molar-refractivity contribution in [3.63, 3.8) is 0 Å². The Hall–Kier alpha value is -0.580. The molecule has 0 bridgehead atoms. The molecule has 0 amide bonds. The van der Waals surface area contributed by atoms with Gasteiger partial charge in [-0.1, -0.05) is 25.4 Å². The predicted molar refractivity (Wildman–Crippen MR) is 82.0 cm³/mol. The van der Waals surface area contributed by atoms with E-state index in [1.54, 1.807) is 6.20 Å². The van der Waals surface area contributed by atoms with Crippen molar-refractivity contribution < 1.29 is 5.11 Å². The third-order valence-electron chi connectivity index (χ3n) is 4.86. The van der Waals surface area contributed by atoms with Gasteiger partial charge in [0.1, 0.15) is 6.10 Å². The number of nitrogens with zero attached hydrogens (tertiary/aromatic N) is 3. The SMILES string of the molecule is CCn1ncc(Cl)c1C(O)C(CC)(CC)N1CCCC1. The number of aryl methyl sites for hydroxylation is 1. The number of hydrogen-bond acceptors (Lipinski definition) is 3. The number of aliphatic hydroxyl groups excluding tert-OH is 1. The predicted octanol–water partition coefficient (Wildman–Crippen LogP) is 3.24. The monoisotopic (exact) mass is 299 g/mol. The first-order valence-electron chi connectivity index (χ1n) is 7.75. The molecule has 2 rings (SSSR count). The molecule has 0 aliphatic carbocycles. The summed E-state index contributed by atoms with van der Waals surface area (Å²) in [5, 5.41) is 15.9. The lowest BCUT2D eigenvalue weighted by Crippen LogP contribution is -2.51. The Morgan fingerprint density at radius 3 is 2.40 bits per heavy atom. The molecule has 20 heavy (non-hydrogen) atoms. The molecule has 2 heterocycles. The Bertz CT molecular complexity index is 436. The van der Waals surface area contributed by atoms with Gasteiger partial charge in [-0.05, 0) is 45.7 Å². The maximum Gasteiger partial charge on any atom is 0.115 e. The van der Waals surface area contributed by atoms with Crippen molar-refractivity contribution in [2.45, 2.75) is 64.6 Å². The zero-order valence-electron chi connectivity index (χ0n) is 12.8. The van der Waals surface area contributed by atoms with E-state index in [-0.39, 0.29) is 5.54 Å². The molecular formula is C15H26ClN3O. The fourth-order valence-corrected chi connectivity index (χ4v) is 3.81. The molecule has 1 saturated heterocycles. The van der Waals surface area contributed by atoms with Crippen LogP contribution in [0.5, 0.6) is 0 Å². The second-order valence-electron chi connectivity index (χ2n) is 5.60. The van der Waals surface area contributed by atoms with E-state index >= 15 is 0 Å². The van der Waals surface area contributed by atoms with Crippen LogP contribution >= 0.6 is 11.6 Å². The molecular weight excluding hydrogens is 274 g/mol. The van der Waals surface area contributed by atoms with Gasteiger partial charge < -0.3 is 5.11 Å². The molecule has 5 heteroatoms. The van der Waals surface area contributed by atoms with Crippen molar-refractivity contribution in [3.8, 4) is 0 Å². The van der Waals surface area contributed by atoms with Crippen LogP contribution < -0.4 is 0 Å². The summed E-state index contributed by atoms with van der Waals surface area (Å²) in [5.74, 6) is 0. The van der Waals surface area contributed by atoms with Gasteiger partial charge in [0.05, 0.1) is 22.5 Å². The molecule has 1 aliphatic rings. The standard InChI is InChI=1S/C15H26ClN3O/c1-4-15(5-2,18-9-7-8-10-18)14(20)13-12(16)11-17-19(13)6-3/h11,14,20H,4-10H2,1-3H3. The third kappa shape index (κ3) is 2.49. The summed E-state index contributed by atoms with van der Waals surface area (Å²) in [5.41, 5.74) is 0.539. The molecule has 1 unspecified atom stereocenters. The number of halogens is 1. The zero-order chi connectivity index (χ0) is 14.8. The molecule has 1 aliphatic heterocycles. The second-order valence-corrected chi connectivity index (χ2v) is 6.01. The number of aliphatic hydroxyl groups is 1. The highest BCUT2D eigenvalue weighted by molar-refractivity contribution is 6.31. The second kappa shape index (κ2) is 6.46. The van der Waals surface area contributed by atoms with Gasteiger partial charge in [0.25, 0.3) is 0 Å². The molecule has 0 aromatic carbocycles. The Balaban J connectivity index is 2.40. The molecule has 0 radical (unpaired) electrons. The summed E-state index contributed by atoms with van der Waals surface area (Å²) in [7, 11) is 0. The average molecular weight is 300 g/mol. The molecule has 1 aromatic rings. The molecule has 1 fully saturated rings. The highest BCUT2D eigenvalue weighted by Crippen LogP contribution is 2.41. The Kier molecular flexibility index (Phi) is 5.10. The van der Waals surface area contributed by atoms with Crippen LogP contribution in [0.4, 0.5) is 0 Å². The molecule has 1 N–H and O–H groups in total. The first kappa shape index (κ1) is 15.8. The largest absolute Gasteiger partial charge is 0.385 e. The van der Waals surface area contributed by atoms with Gasteiger partial charge in [-0.25, -0.2) is 0 Å². The van der Waals surface area contributed by atoms with E-state index in [1.807, 2.05) is 11.6 Å². The molecule has 4 nitrogen and oxygen atoms in total. The molecule has 114 valence electrons. The van der Waals surface area contributed by atoms with Crippen molar-refractivity contribution in [2.24, 2.45) is 0 Å². The summed E-state index contributed by atoms with van der Waals surface area (Å²) < 4.78 is 1.82. The highest BCUT2D eigenvalue weighted by atomic mass is 35.5. The summed E-state index contributed by atoms with van der Waals surface area (Å²) in [6, 6.07) is 0. The Labute approximate surface area is 126 Å². The summed E-state index contributed by atoms with van der Waals surface area (Å²) >= 11 is 6.28. The van der Waals surface area contributed by atoms with Crippen molar-refractivity contribution in [3.05, 3.63) is 16.9 Å². The number of hydrogen-bond donors (Lipinski definition) is 1. The Morgan fingerprint density at radius 2 is 1.90 bits per heavy atom. The summed E-state index contributed by atoms with van der Waals surface area (Å²) in [4.78, 5) is 2.45. The van der Waals surface area contributed by atoms with Gasteiger partial charge in [-0.3, -0.25) is 9.58 Å². The van der Waals surface area contributed by atoms with Crippen molar-refractivity contribution in [1.29, 1.82) is 0 Å². The van der Waals surface area contributed by atoms with E-state index in [4.69, 9.17) is 11.6 Å². The number of aromatic nitrogens is 2. The van der Waals surface area contributed by atoms with Gasteiger partial charge in [0, 0.05) is 6.54 Å². The van der Waals surface area contributed by atoms with E-state index in [1.165, 1.54) is 12.8 Å². The highest BCUT2D eigenvalue weighted by Gasteiger charge is 2.44. The van der Waals surface area contributed by atoms with Crippen LogP contribution in [-0.4, -0.2) is 38.4 Å². The number of rotatable bonds is 6. The smallest absolute Gasteiger partial charge is 0.115 e. The average Bonchev–Trinajstić information content (AvgIpc) is 3.10. The van der Waals surface area contributed by atoms with Crippen molar-refractivity contribution in [2.75, 3.05) is 13.1 Å². The van der Waals surface area contributed by atoms with E-state index in [0.29, 0.717) is 5.02 Å². The lowest BCUT2D eigenvalue weighted by Gasteiger charge is -2.44. The van der Waals surface area contributed by atoms with E-state index in [9.17, 15) is 5.11 Å². The van der Waals surface area contributed by atoms with Crippen LogP contribution in [0.2, 0.25) is 5.02 Å². The summed E-state index contributed by atoms with van der Waals surface area (Å²) in [6.07, 6.45) is 5.31. The van der Waals surface area contributed by atoms with Crippen molar-refractivity contribution in [1.82, 2.24) is 14.7 Å². The molecule has 0 spiro atoms. The van der Waals surface area contributed by atoms with E-state index in [2.05, 4.69) is 23.8 Å². The lowest BCUT2D eigenvalue weighted by atomic mass is 9.83. The van der Waals surface area contributed by atoms with Gasteiger partial charge in [0.15, 0.2) is 0 Å². The third-order valence-corrected chi connectivity index (χ3v) is 5.15. The topological polar surface area (TPSA) is 41.3 Å². The molecule has 0 saturated carbocycles. The van der Waals surface area contributed by atoms with Crippen LogP contribution in [0.15, 0.2) is 6.20 Å². The first-order valence-corrected chi connectivity index (χ1v) is 8.12. The minimum Gasteiger partial charge on any atom is -0.385 e. The lowest BCUT2D eigenvalue weighted by molar-refractivity contribution is -0.0338. The maximum absolute atomic E-state index is 11.1. The summed E-state index contributed by atoms with van der Waals surface area (Å²) in [6.45, 7) is 9.20. The van der Waals surface area contributed by atoms with Crippen molar-refractivity contribution >= 4 is 11.6 Å². The van der Waals surface area contributed by atoms with Crippen LogP contribution in [0.3, 0.4) is 0 Å². The fourth-order valence-electron chi connectivity index (χ4n) is 3.57. The van der Waals surface area contributed by atoms with Gasteiger partial charge in [-0.2, -0.15) is 5.10 Å². The minimum absolute atomic E-state index is 0.229. The fraction of sp³-hybridized carbons (Fsp3) is 0.800. The van der Waals surface area contributed by atoms with E-state index < -0.39 is 6.10 Å². The molecule has 1 atom stereocenters. The van der Waals surface area contributed by atoms with Gasteiger partial charge in [-0.15, -0.1) is 0 Å². The number of likely N-dealkylation sites (tertiary alicyclic amines) is 1. The van der Waals surface area contributed by atoms with Crippen LogP contribution in [0.25, 0.3) is 0 Å². The quantitative estimate of drug-likeness (QED) is 0.877. The van der Waals surface area contributed by atoms with Crippen LogP contribution in [0, 0.1) is 0 Å². The maximum atomic E-state index is 11.1. The molecule has 1 aromatic heterocycles. The Morgan fingerprint density at radius 1 is 1.30 bits per heavy atom.